The average Bonchev–Trinajstić information content (AvgIpc) is 2.66. The van der Waals surface area contributed by atoms with Gasteiger partial charge in [0.15, 0.2) is 0 Å². The molecule has 1 aromatic carbocycles. The van der Waals surface area contributed by atoms with Gasteiger partial charge in [0, 0.05) is 23.9 Å². The Morgan fingerprint density at radius 3 is 2.89 bits per heavy atom. The molecule has 0 spiro atoms. The van der Waals surface area contributed by atoms with Crippen molar-refractivity contribution in [2.75, 3.05) is 0 Å². The van der Waals surface area contributed by atoms with Gasteiger partial charge in [-0.2, -0.15) is 0 Å². The van der Waals surface area contributed by atoms with Crippen LogP contribution in [0.1, 0.15) is 34.9 Å². The lowest BCUT2D eigenvalue weighted by Crippen LogP contribution is -2.28. The van der Waals surface area contributed by atoms with Crippen molar-refractivity contribution in [1.29, 1.82) is 0 Å². The van der Waals surface area contributed by atoms with E-state index in [4.69, 9.17) is 9.47 Å². The molecular weight excluding hydrogens is 344 g/mol. The van der Waals surface area contributed by atoms with E-state index in [0.717, 1.165) is 11.3 Å². The topological polar surface area (TPSA) is 81.3 Å². The number of hydrogen-bond acceptors (Lipinski definition) is 5. The lowest BCUT2D eigenvalue weighted by atomic mass is 9.87. The Hall–Kier alpha value is -3.41. The van der Waals surface area contributed by atoms with E-state index in [-0.39, 0.29) is 23.9 Å². The summed E-state index contributed by atoms with van der Waals surface area (Å²) in [5.41, 5.74) is 2.55. The van der Waals surface area contributed by atoms with Crippen LogP contribution in [0.25, 0.3) is 0 Å². The molecule has 0 bridgehead atoms. The highest BCUT2D eigenvalue weighted by molar-refractivity contribution is 5.77. The molecule has 0 saturated heterocycles. The van der Waals surface area contributed by atoms with Gasteiger partial charge in [-0.25, -0.2) is 0 Å². The van der Waals surface area contributed by atoms with Gasteiger partial charge in [0.05, 0.1) is 17.7 Å². The first kappa shape index (κ1) is 17.0. The summed E-state index contributed by atoms with van der Waals surface area (Å²) in [6, 6.07) is 14.8. The summed E-state index contributed by atoms with van der Waals surface area (Å²) in [5, 5.41) is 0. The molecule has 6 heteroatoms. The average molecular weight is 362 g/mol. The highest BCUT2D eigenvalue weighted by Gasteiger charge is 2.31. The maximum absolute atomic E-state index is 12.5. The number of aryl methyl sites for hydroxylation is 1. The lowest BCUT2D eigenvalue weighted by molar-refractivity contribution is -0.135. The quantitative estimate of drug-likeness (QED) is 0.721. The first-order valence-corrected chi connectivity index (χ1v) is 8.67. The summed E-state index contributed by atoms with van der Waals surface area (Å²) in [6.45, 7) is 2.10. The minimum Gasteiger partial charge on any atom is -0.487 e. The zero-order chi connectivity index (χ0) is 18.8. The van der Waals surface area contributed by atoms with E-state index in [1.165, 1.54) is 0 Å². The van der Waals surface area contributed by atoms with Crippen LogP contribution in [0, 0.1) is 6.92 Å². The van der Waals surface area contributed by atoms with Crippen LogP contribution in [0.4, 0.5) is 0 Å². The Morgan fingerprint density at radius 1 is 1.19 bits per heavy atom. The van der Waals surface area contributed by atoms with Gasteiger partial charge in [0.1, 0.15) is 18.1 Å². The van der Waals surface area contributed by atoms with E-state index < -0.39 is 0 Å². The molecule has 0 radical (unpaired) electrons. The SMILES string of the molecule is Cc1cc2c(c(=O)[nH]1)[C@@H](c1cccc(OCc3ccccn3)c1)CC(=O)O2. The highest BCUT2D eigenvalue weighted by atomic mass is 16.5. The maximum Gasteiger partial charge on any atom is 0.312 e. The number of pyridine rings is 2. The summed E-state index contributed by atoms with van der Waals surface area (Å²) in [6.07, 6.45) is 1.83. The zero-order valence-corrected chi connectivity index (χ0v) is 14.8. The number of fused-ring (bicyclic) bond motifs is 1. The van der Waals surface area contributed by atoms with Crippen LogP contribution < -0.4 is 15.0 Å². The standard InChI is InChI=1S/C21H18N2O4/c1-13-9-18-20(21(25)23-13)17(11-19(24)27-18)14-5-4-7-16(10-14)26-12-15-6-2-3-8-22-15/h2-10,17H,11-12H2,1H3,(H,23,25)/t17-/m1/s1. The summed E-state index contributed by atoms with van der Waals surface area (Å²) in [5.74, 6) is 0.265. The van der Waals surface area contributed by atoms with Crippen molar-refractivity contribution in [2.24, 2.45) is 0 Å². The Morgan fingerprint density at radius 2 is 2.07 bits per heavy atom. The summed E-state index contributed by atoms with van der Waals surface area (Å²) >= 11 is 0. The van der Waals surface area contributed by atoms with Gasteiger partial charge in [-0.15, -0.1) is 0 Å². The fourth-order valence-corrected chi connectivity index (χ4v) is 3.26. The maximum atomic E-state index is 12.5. The van der Waals surface area contributed by atoms with Gasteiger partial charge in [-0.1, -0.05) is 18.2 Å². The van der Waals surface area contributed by atoms with Crippen molar-refractivity contribution in [2.45, 2.75) is 25.9 Å². The minimum absolute atomic E-state index is 0.114. The Kier molecular flexibility index (Phi) is 4.46. The van der Waals surface area contributed by atoms with Crippen LogP contribution in [0.2, 0.25) is 0 Å². The minimum atomic E-state index is -0.371. The van der Waals surface area contributed by atoms with Crippen molar-refractivity contribution >= 4 is 5.97 Å². The van der Waals surface area contributed by atoms with E-state index in [2.05, 4.69) is 9.97 Å². The van der Waals surface area contributed by atoms with Crippen molar-refractivity contribution in [3.63, 3.8) is 0 Å². The van der Waals surface area contributed by atoms with E-state index in [9.17, 15) is 9.59 Å². The summed E-state index contributed by atoms with van der Waals surface area (Å²) < 4.78 is 11.1. The molecule has 1 N–H and O–H groups in total. The molecule has 6 nitrogen and oxygen atoms in total. The van der Waals surface area contributed by atoms with Crippen LogP contribution >= 0.6 is 0 Å². The van der Waals surface area contributed by atoms with Gasteiger partial charge < -0.3 is 14.5 Å². The number of benzene rings is 1. The van der Waals surface area contributed by atoms with Crippen molar-refractivity contribution in [1.82, 2.24) is 9.97 Å². The van der Waals surface area contributed by atoms with Crippen LogP contribution in [0.15, 0.2) is 59.5 Å². The molecule has 27 heavy (non-hydrogen) atoms. The smallest absolute Gasteiger partial charge is 0.312 e. The number of carbonyl (C=O) groups is 1. The van der Waals surface area contributed by atoms with Crippen molar-refractivity contribution in [3.8, 4) is 11.5 Å². The number of nitrogens with one attached hydrogen (secondary N) is 1. The lowest BCUT2D eigenvalue weighted by Gasteiger charge is -2.24. The number of aromatic nitrogens is 2. The normalized spacial score (nSPS) is 15.7. The fraction of sp³-hybridized carbons (Fsp3) is 0.190. The van der Waals surface area contributed by atoms with Gasteiger partial charge in [0.2, 0.25) is 0 Å². The second-order valence-electron chi connectivity index (χ2n) is 6.47. The Labute approximate surface area is 155 Å². The number of H-pyrrole nitrogens is 1. The number of rotatable bonds is 4. The van der Waals surface area contributed by atoms with Crippen molar-refractivity contribution in [3.05, 3.63) is 87.6 Å². The number of aromatic amines is 1. The first-order valence-electron chi connectivity index (χ1n) is 8.67. The molecular formula is C21H18N2O4. The summed E-state index contributed by atoms with van der Waals surface area (Å²) in [7, 11) is 0. The predicted octanol–water partition coefficient (Wildman–Crippen LogP) is 3.10. The molecule has 0 unspecified atom stereocenters. The molecule has 1 aliphatic heterocycles. The summed E-state index contributed by atoms with van der Waals surface area (Å²) in [4.78, 5) is 31.6. The van der Waals surface area contributed by atoms with E-state index in [1.54, 1.807) is 19.2 Å². The van der Waals surface area contributed by atoms with Crippen LogP contribution in [-0.2, 0) is 11.4 Å². The van der Waals surface area contributed by atoms with Crippen LogP contribution in [0.5, 0.6) is 11.5 Å². The largest absolute Gasteiger partial charge is 0.487 e. The number of nitrogens with zero attached hydrogens (tertiary/aromatic N) is 1. The zero-order valence-electron chi connectivity index (χ0n) is 14.8. The third-order valence-corrected chi connectivity index (χ3v) is 4.48. The first-order chi connectivity index (χ1) is 13.1. The third-order valence-electron chi connectivity index (χ3n) is 4.48. The second-order valence-corrected chi connectivity index (χ2v) is 6.47. The molecule has 0 amide bonds. The predicted molar refractivity (Wildman–Crippen MR) is 98.9 cm³/mol. The molecule has 0 fully saturated rings. The van der Waals surface area contributed by atoms with Crippen LogP contribution in [0.3, 0.4) is 0 Å². The number of hydrogen-bond donors (Lipinski definition) is 1. The van der Waals surface area contributed by atoms with Gasteiger partial charge in [-0.3, -0.25) is 14.6 Å². The molecule has 2 aromatic heterocycles. The molecule has 0 aliphatic carbocycles. The van der Waals surface area contributed by atoms with E-state index >= 15 is 0 Å². The number of ether oxygens (including phenoxy) is 2. The van der Waals surface area contributed by atoms with Gasteiger partial charge in [-0.05, 0) is 36.8 Å². The van der Waals surface area contributed by atoms with E-state index in [0.29, 0.717) is 29.4 Å². The third kappa shape index (κ3) is 3.60. The molecule has 1 aliphatic rings. The molecule has 136 valence electrons. The number of carbonyl (C=O) groups excluding carboxylic acids is 1. The number of esters is 1. The molecule has 0 saturated carbocycles. The van der Waals surface area contributed by atoms with E-state index in [1.807, 2.05) is 42.5 Å². The molecule has 3 aromatic rings. The monoisotopic (exact) mass is 362 g/mol. The highest BCUT2D eigenvalue weighted by Crippen LogP contribution is 2.37. The van der Waals surface area contributed by atoms with Crippen LogP contribution in [-0.4, -0.2) is 15.9 Å². The van der Waals surface area contributed by atoms with Crippen molar-refractivity contribution < 1.29 is 14.3 Å². The Balaban J connectivity index is 1.64. The van der Waals surface area contributed by atoms with Gasteiger partial charge >= 0.3 is 5.97 Å². The molecule has 3 heterocycles. The molecule has 1 atom stereocenters. The second kappa shape index (κ2) is 7.07. The van der Waals surface area contributed by atoms with Gasteiger partial charge in [0.25, 0.3) is 5.56 Å². The Bertz CT molecular complexity index is 1040. The molecule has 4 rings (SSSR count). The fourth-order valence-electron chi connectivity index (χ4n) is 3.26.